The summed E-state index contributed by atoms with van der Waals surface area (Å²) in [5.41, 5.74) is 0.215. The Morgan fingerprint density at radius 3 is 2.42 bits per heavy atom. The lowest BCUT2D eigenvalue weighted by Gasteiger charge is -2.23. The molecular formula is C22H18ClNO5S2. The summed E-state index contributed by atoms with van der Waals surface area (Å²) >= 11 is 9.17. The largest absolute Gasteiger partial charge is 0.507 e. The van der Waals surface area contributed by atoms with Crippen molar-refractivity contribution in [3.8, 4) is 11.5 Å². The molecule has 3 aromatic rings. The second kappa shape index (κ2) is 8.74. The van der Waals surface area contributed by atoms with Crippen molar-refractivity contribution in [1.82, 2.24) is 4.90 Å². The second-order valence-electron chi connectivity index (χ2n) is 6.71. The summed E-state index contributed by atoms with van der Waals surface area (Å²) in [6.45, 7) is 0.266. The maximum atomic E-state index is 13.1. The van der Waals surface area contributed by atoms with Crippen molar-refractivity contribution >= 4 is 51.7 Å². The van der Waals surface area contributed by atoms with Gasteiger partial charge in [-0.05, 0) is 29.0 Å². The quantitative estimate of drug-likeness (QED) is 0.305. The van der Waals surface area contributed by atoms with Gasteiger partial charge in [0.05, 0.1) is 36.9 Å². The summed E-state index contributed by atoms with van der Waals surface area (Å²) in [5.74, 6) is -1.11. The van der Waals surface area contributed by atoms with Gasteiger partial charge in [0.15, 0.2) is 0 Å². The molecule has 3 heterocycles. The van der Waals surface area contributed by atoms with E-state index in [4.69, 9.17) is 21.1 Å². The number of thiophene rings is 2. The summed E-state index contributed by atoms with van der Waals surface area (Å²) in [6.07, 6.45) is 0. The molecule has 4 rings (SSSR count). The molecule has 1 saturated heterocycles. The summed E-state index contributed by atoms with van der Waals surface area (Å²) in [7, 11) is 2.90. The van der Waals surface area contributed by atoms with Gasteiger partial charge in [0.25, 0.3) is 11.7 Å². The third kappa shape index (κ3) is 3.82. The fourth-order valence-electron chi connectivity index (χ4n) is 3.55. The van der Waals surface area contributed by atoms with E-state index < -0.39 is 17.7 Å². The highest BCUT2D eigenvalue weighted by molar-refractivity contribution is 7.10. The smallest absolute Gasteiger partial charge is 0.296 e. The van der Waals surface area contributed by atoms with Crippen molar-refractivity contribution in [1.29, 1.82) is 0 Å². The van der Waals surface area contributed by atoms with E-state index in [0.29, 0.717) is 5.75 Å². The number of carbonyl (C=O) groups is 2. The van der Waals surface area contributed by atoms with Gasteiger partial charge in [-0.15, -0.1) is 22.7 Å². The van der Waals surface area contributed by atoms with E-state index in [-0.39, 0.29) is 34.2 Å². The number of amides is 1. The highest BCUT2D eigenvalue weighted by Gasteiger charge is 2.47. The summed E-state index contributed by atoms with van der Waals surface area (Å²) in [4.78, 5) is 29.2. The number of hydrogen-bond acceptors (Lipinski definition) is 7. The number of nitrogens with zero attached hydrogens (tertiary/aromatic N) is 1. The molecule has 0 bridgehead atoms. The van der Waals surface area contributed by atoms with Crippen LogP contribution < -0.4 is 9.47 Å². The fourth-order valence-corrected chi connectivity index (χ4v) is 5.34. The minimum atomic E-state index is -0.749. The van der Waals surface area contributed by atoms with Crippen LogP contribution in [0.1, 0.15) is 21.4 Å². The monoisotopic (exact) mass is 475 g/mol. The van der Waals surface area contributed by atoms with Crippen LogP contribution in [0.4, 0.5) is 0 Å². The van der Waals surface area contributed by atoms with E-state index in [1.165, 1.54) is 53.9 Å². The zero-order valence-corrected chi connectivity index (χ0v) is 19.0. The number of aliphatic hydroxyl groups excluding tert-OH is 1. The molecule has 1 amide bonds. The van der Waals surface area contributed by atoms with Crippen molar-refractivity contribution in [2.75, 3.05) is 14.2 Å². The van der Waals surface area contributed by atoms with Gasteiger partial charge in [0, 0.05) is 15.8 Å². The third-order valence-corrected chi connectivity index (χ3v) is 7.07. The van der Waals surface area contributed by atoms with Gasteiger partial charge in [0.2, 0.25) is 0 Å². The second-order valence-corrected chi connectivity index (χ2v) is 9.13. The predicted molar refractivity (Wildman–Crippen MR) is 121 cm³/mol. The zero-order chi connectivity index (χ0) is 22.1. The maximum absolute atomic E-state index is 13.1. The fraction of sp³-hybridized carbons (Fsp3) is 0.182. The van der Waals surface area contributed by atoms with Crippen molar-refractivity contribution < 1.29 is 24.2 Å². The maximum Gasteiger partial charge on any atom is 0.296 e. The number of aliphatic hydroxyl groups is 1. The lowest BCUT2D eigenvalue weighted by molar-refractivity contribution is -0.140. The van der Waals surface area contributed by atoms with Gasteiger partial charge in [-0.3, -0.25) is 9.59 Å². The molecule has 160 valence electrons. The first kappa shape index (κ1) is 21.4. The molecule has 0 radical (unpaired) electrons. The van der Waals surface area contributed by atoms with Crippen LogP contribution >= 0.6 is 34.3 Å². The van der Waals surface area contributed by atoms with Crippen molar-refractivity contribution in [3.63, 3.8) is 0 Å². The summed E-state index contributed by atoms with van der Waals surface area (Å²) < 4.78 is 10.6. The van der Waals surface area contributed by atoms with E-state index in [2.05, 4.69) is 0 Å². The molecular weight excluding hydrogens is 458 g/mol. The van der Waals surface area contributed by atoms with E-state index >= 15 is 0 Å². The van der Waals surface area contributed by atoms with Crippen LogP contribution in [0.15, 0.2) is 52.7 Å². The number of methoxy groups -OCH3 is 2. The Hall–Kier alpha value is -2.81. The SMILES string of the molecule is COc1cc(OC)c(/C(O)=C2/C(=O)C(=O)N(Cc3cccs3)C2c2cccs2)cc1Cl. The third-order valence-electron chi connectivity index (χ3n) is 4.99. The van der Waals surface area contributed by atoms with E-state index in [1.807, 2.05) is 35.0 Å². The minimum Gasteiger partial charge on any atom is -0.507 e. The van der Waals surface area contributed by atoms with Gasteiger partial charge in [-0.25, -0.2) is 0 Å². The van der Waals surface area contributed by atoms with Gasteiger partial charge >= 0.3 is 0 Å². The molecule has 1 aliphatic rings. The van der Waals surface area contributed by atoms with Gasteiger partial charge in [-0.2, -0.15) is 0 Å². The molecule has 6 nitrogen and oxygen atoms in total. The molecule has 31 heavy (non-hydrogen) atoms. The normalized spacial score (nSPS) is 17.9. The predicted octanol–water partition coefficient (Wildman–Crippen LogP) is 5.10. The highest BCUT2D eigenvalue weighted by atomic mass is 35.5. The number of ether oxygens (including phenoxy) is 2. The van der Waals surface area contributed by atoms with Crippen molar-refractivity contribution in [2.24, 2.45) is 0 Å². The molecule has 1 fully saturated rings. The van der Waals surface area contributed by atoms with Gasteiger partial charge < -0.3 is 19.5 Å². The lowest BCUT2D eigenvalue weighted by Crippen LogP contribution is -2.28. The topological polar surface area (TPSA) is 76.1 Å². The Morgan fingerprint density at radius 2 is 1.81 bits per heavy atom. The number of ketones is 1. The first-order chi connectivity index (χ1) is 15.0. The van der Waals surface area contributed by atoms with Crippen molar-refractivity contribution in [2.45, 2.75) is 12.6 Å². The molecule has 1 aliphatic heterocycles. The van der Waals surface area contributed by atoms with Crippen LogP contribution in [0.2, 0.25) is 5.02 Å². The zero-order valence-electron chi connectivity index (χ0n) is 16.6. The molecule has 1 aromatic carbocycles. The Labute approximate surface area is 191 Å². The highest BCUT2D eigenvalue weighted by Crippen LogP contribution is 2.44. The Balaban J connectivity index is 1.89. The lowest BCUT2D eigenvalue weighted by atomic mass is 9.99. The Kier molecular flexibility index (Phi) is 6.04. The number of hydrogen-bond donors (Lipinski definition) is 1. The number of rotatable bonds is 6. The molecule has 1 atom stereocenters. The van der Waals surface area contributed by atoms with E-state index in [1.54, 1.807) is 0 Å². The molecule has 2 aromatic heterocycles. The van der Waals surface area contributed by atoms with Crippen LogP contribution in [-0.4, -0.2) is 35.9 Å². The molecule has 0 spiro atoms. The van der Waals surface area contributed by atoms with Gasteiger partial charge in [0.1, 0.15) is 23.3 Å². The van der Waals surface area contributed by atoms with Crippen molar-refractivity contribution in [3.05, 3.63) is 73.1 Å². The number of benzene rings is 1. The van der Waals surface area contributed by atoms with Gasteiger partial charge in [-0.1, -0.05) is 23.7 Å². The van der Waals surface area contributed by atoms with Crippen LogP contribution in [0.3, 0.4) is 0 Å². The molecule has 0 aliphatic carbocycles. The van der Waals surface area contributed by atoms with Crippen LogP contribution in [0.25, 0.3) is 5.76 Å². The summed E-state index contributed by atoms with van der Waals surface area (Å²) in [5, 5.41) is 15.2. The van der Waals surface area contributed by atoms with Crippen LogP contribution in [0.5, 0.6) is 11.5 Å². The summed E-state index contributed by atoms with van der Waals surface area (Å²) in [6, 6.07) is 9.76. The average Bonchev–Trinajstić information content (AvgIpc) is 3.52. The number of Topliss-reactive ketones (excluding diaryl/α,β-unsaturated/α-hetero) is 1. The number of carbonyl (C=O) groups excluding carboxylic acids is 2. The standard InChI is InChI=1S/C22H18ClNO5S2/c1-28-15-10-16(29-2)14(23)9-13(15)20(25)18-19(17-6-4-8-31-17)24(22(27)21(18)26)11-12-5-3-7-30-12/h3-10,19,25H,11H2,1-2H3/b20-18-. The van der Waals surface area contributed by atoms with E-state index in [0.717, 1.165) is 9.75 Å². The van der Waals surface area contributed by atoms with Crippen LogP contribution in [0, 0.1) is 0 Å². The van der Waals surface area contributed by atoms with E-state index in [9.17, 15) is 14.7 Å². The Morgan fingerprint density at radius 1 is 1.10 bits per heavy atom. The Bertz CT molecular complexity index is 1160. The average molecular weight is 476 g/mol. The number of halogens is 1. The molecule has 0 saturated carbocycles. The van der Waals surface area contributed by atoms with Crippen LogP contribution in [-0.2, 0) is 16.1 Å². The molecule has 1 unspecified atom stereocenters. The minimum absolute atomic E-state index is 0.00328. The molecule has 9 heteroatoms. The number of likely N-dealkylation sites (tertiary alicyclic amines) is 1. The molecule has 1 N–H and O–H groups in total. The first-order valence-corrected chi connectivity index (χ1v) is 11.4. The first-order valence-electron chi connectivity index (χ1n) is 9.22.